The SMILES string of the molecule is C[C@]12CC[C@H](O)C[C@H]1CC[C@@H]1[C@@H]2C[C@H](O)[C@@]2(C)[C@H]1CC[C@@H]2[C@]1(C)CO1. The van der Waals surface area contributed by atoms with Gasteiger partial charge in [-0.1, -0.05) is 13.8 Å². The van der Waals surface area contributed by atoms with Crippen molar-refractivity contribution in [1.29, 1.82) is 0 Å². The molecule has 4 aliphatic carbocycles. The molecule has 3 nitrogen and oxygen atoms in total. The molecule has 0 aromatic heterocycles. The summed E-state index contributed by atoms with van der Waals surface area (Å²) in [4.78, 5) is 0. The predicted molar refractivity (Wildman–Crippen MR) is 97.0 cm³/mol. The van der Waals surface area contributed by atoms with Crippen molar-refractivity contribution in [3.8, 4) is 0 Å². The van der Waals surface area contributed by atoms with E-state index < -0.39 is 0 Å². The molecule has 1 heterocycles. The van der Waals surface area contributed by atoms with Gasteiger partial charge in [0.15, 0.2) is 0 Å². The third kappa shape index (κ3) is 2.15. The number of fused-ring (bicyclic) bond motifs is 5. The van der Waals surface area contributed by atoms with Crippen molar-refractivity contribution >= 4 is 0 Å². The third-order valence-corrected chi connectivity index (χ3v) is 10.1. The van der Waals surface area contributed by atoms with Crippen molar-refractivity contribution in [1.82, 2.24) is 0 Å². The van der Waals surface area contributed by atoms with Gasteiger partial charge in [-0.3, -0.25) is 0 Å². The van der Waals surface area contributed by atoms with Crippen molar-refractivity contribution in [2.75, 3.05) is 6.61 Å². The van der Waals surface area contributed by atoms with Gasteiger partial charge in [0.25, 0.3) is 0 Å². The van der Waals surface area contributed by atoms with E-state index in [4.69, 9.17) is 4.74 Å². The lowest BCUT2D eigenvalue weighted by Crippen LogP contribution is -2.59. The summed E-state index contributed by atoms with van der Waals surface area (Å²) in [5.41, 5.74) is 0.416. The van der Waals surface area contributed by atoms with Gasteiger partial charge in [0.1, 0.15) is 0 Å². The Bertz CT molecular complexity index is 557. The van der Waals surface area contributed by atoms with Crippen LogP contribution in [0.1, 0.15) is 72.1 Å². The molecule has 25 heavy (non-hydrogen) atoms. The van der Waals surface area contributed by atoms with Crippen LogP contribution in [0.5, 0.6) is 0 Å². The molecule has 1 saturated heterocycles. The molecular weight excluding hydrogens is 312 g/mol. The minimum Gasteiger partial charge on any atom is -0.393 e. The zero-order chi connectivity index (χ0) is 17.6. The molecule has 142 valence electrons. The normalized spacial score (nSPS) is 63.5. The Hall–Kier alpha value is -0.120. The summed E-state index contributed by atoms with van der Waals surface area (Å²) in [6, 6.07) is 0. The number of aliphatic hydroxyl groups is 2. The summed E-state index contributed by atoms with van der Waals surface area (Å²) >= 11 is 0. The summed E-state index contributed by atoms with van der Waals surface area (Å²) in [6.45, 7) is 8.04. The molecule has 0 aromatic carbocycles. The maximum absolute atomic E-state index is 11.4. The molecule has 5 aliphatic rings. The van der Waals surface area contributed by atoms with Crippen LogP contribution in [-0.2, 0) is 4.74 Å². The summed E-state index contributed by atoms with van der Waals surface area (Å²) in [5, 5.41) is 21.6. The number of rotatable bonds is 1. The molecule has 2 N–H and O–H groups in total. The molecule has 10 atom stereocenters. The van der Waals surface area contributed by atoms with Crippen LogP contribution in [-0.4, -0.2) is 34.6 Å². The van der Waals surface area contributed by atoms with Crippen LogP contribution < -0.4 is 0 Å². The minimum atomic E-state index is -0.185. The summed E-state index contributed by atoms with van der Waals surface area (Å²) in [7, 11) is 0. The Morgan fingerprint density at radius 1 is 0.880 bits per heavy atom. The summed E-state index contributed by atoms with van der Waals surface area (Å²) in [5.74, 6) is 3.28. The van der Waals surface area contributed by atoms with Crippen molar-refractivity contribution < 1.29 is 14.9 Å². The van der Waals surface area contributed by atoms with Gasteiger partial charge in [0.2, 0.25) is 0 Å². The van der Waals surface area contributed by atoms with Crippen LogP contribution in [0, 0.1) is 40.4 Å². The maximum Gasteiger partial charge on any atom is 0.0922 e. The number of hydrogen-bond donors (Lipinski definition) is 2. The highest BCUT2D eigenvalue weighted by Gasteiger charge is 2.67. The van der Waals surface area contributed by atoms with Crippen LogP contribution in [0.3, 0.4) is 0 Å². The zero-order valence-electron chi connectivity index (χ0n) is 16.2. The van der Waals surface area contributed by atoms with Gasteiger partial charge < -0.3 is 14.9 Å². The molecule has 3 heteroatoms. The largest absolute Gasteiger partial charge is 0.393 e. The van der Waals surface area contributed by atoms with Crippen molar-refractivity contribution in [3.63, 3.8) is 0 Å². The second kappa shape index (κ2) is 5.23. The lowest BCUT2D eigenvalue weighted by molar-refractivity contribution is -0.175. The van der Waals surface area contributed by atoms with Crippen molar-refractivity contribution in [2.24, 2.45) is 40.4 Å². The van der Waals surface area contributed by atoms with E-state index in [-0.39, 0.29) is 23.2 Å². The van der Waals surface area contributed by atoms with Crippen molar-refractivity contribution in [3.05, 3.63) is 0 Å². The van der Waals surface area contributed by atoms with Crippen LogP contribution in [0.25, 0.3) is 0 Å². The number of aliphatic hydroxyl groups excluding tert-OH is 2. The Kier molecular flexibility index (Phi) is 3.56. The van der Waals surface area contributed by atoms with E-state index in [0.717, 1.165) is 38.2 Å². The first-order valence-corrected chi connectivity index (χ1v) is 10.8. The molecule has 0 amide bonds. The smallest absolute Gasteiger partial charge is 0.0922 e. The average molecular weight is 349 g/mol. The van der Waals surface area contributed by atoms with Crippen LogP contribution >= 0.6 is 0 Å². The molecule has 0 aromatic rings. The molecule has 0 radical (unpaired) electrons. The van der Waals surface area contributed by atoms with Gasteiger partial charge in [-0.15, -0.1) is 0 Å². The highest BCUT2D eigenvalue weighted by Crippen LogP contribution is 2.69. The highest BCUT2D eigenvalue weighted by atomic mass is 16.6. The summed E-state index contributed by atoms with van der Waals surface area (Å²) in [6.07, 6.45) is 8.93. The standard InChI is InChI=1S/C22H36O3/c1-20-9-8-14(23)10-13(20)4-5-15-16-6-7-18(21(2)12-25-21)22(16,3)19(24)11-17(15)20/h13-19,23-24H,4-12H2,1-3H3/t13-,14+,15+,16+,17+,18-,19+,20+,21+,22+/m1/s1. The van der Waals surface area contributed by atoms with Gasteiger partial charge >= 0.3 is 0 Å². The summed E-state index contributed by atoms with van der Waals surface area (Å²) < 4.78 is 5.86. The topological polar surface area (TPSA) is 53.0 Å². The predicted octanol–water partition coefficient (Wildman–Crippen LogP) is 3.77. The fourth-order valence-corrected chi connectivity index (χ4v) is 8.50. The van der Waals surface area contributed by atoms with Crippen molar-refractivity contribution in [2.45, 2.75) is 89.9 Å². The van der Waals surface area contributed by atoms with E-state index in [1.807, 2.05) is 0 Å². The minimum absolute atomic E-state index is 0.0351. The molecule has 1 aliphatic heterocycles. The third-order valence-electron chi connectivity index (χ3n) is 10.1. The Labute approximate surface area is 152 Å². The fourth-order valence-electron chi connectivity index (χ4n) is 8.50. The lowest BCUT2D eigenvalue weighted by Gasteiger charge is -2.62. The van der Waals surface area contributed by atoms with E-state index in [0.29, 0.717) is 29.1 Å². The number of ether oxygens (including phenoxy) is 1. The fraction of sp³-hybridized carbons (Fsp3) is 1.00. The van der Waals surface area contributed by atoms with E-state index in [9.17, 15) is 10.2 Å². The molecule has 5 fully saturated rings. The molecule has 0 bridgehead atoms. The second-order valence-electron chi connectivity index (χ2n) is 10.9. The van der Waals surface area contributed by atoms with Gasteiger partial charge in [-0.25, -0.2) is 0 Å². The van der Waals surface area contributed by atoms with Gasteiger partial charge in [0, 0.05) is 5.41 Å². The first-order chi connectivity index (χ1) is 11.8. The second-order valence-corrected chi connectivity index (χ2v) is 10.9. The van der Waals surface area contributed by atoms with E-state index in [1.54, 1.807) is 0 Å². The lowest BCUT2D eigenvalue weighted by atomic mass is 9.43. The number of epoxide rings is 1. The molecule has 0 unspecified atom stereocenters. The molecule has 0 spiro atoms. The first-order valence-electron chi connectivity index (χ1n) is 10.8. The average Bonchev–Trinajstić information content (AvgIpc) is 3.19. The maximum atomic E-state index is 11.4. The Morgan fingerprint density at radius 3 is 2.36 bits per heavy atom. The van der Waals surface area contributed by atoms with E-state index >= 15 is 0 Å². The van der Waals surface area contributed by atoms with Crippen LogP contribution in [0.15, 0.2) is 0 Å². The first kappa shape index (κ1) is 17.0. The van der Waals surface area contributed by atoms with Gasteiger partial charge in [-0.05, 0) is 93.3 Å². The quantitative estimate of drug-likeness (QED) is 0.709. The molecule has 4 saturated carbocycles. The highest BCUT2D eigenvalue weighted by molar-refractivity contribution is 5.16. The van der Waals surface area contributed by atoms with E-state index in [2.05, 4.69) is 20.8 Å². The Balaban J connectivity index is 1.47. The van der Waals surface area contributed by atoms with Crippen LogP contribution in [0.4, 0.5) is 0 Å². The zero-order valence-corrected chi connectivity index (χ0v) is 16.2. The van der Waals surface area contributed by atoms with Gasteiger partial charge in [0.05, 0.1) is 24.4 Å². The molecule has 5 rings (SSSR count). The monoisotopic (exact) mass is 348 g/mol. The van der Waals surface area contributed by atoms with Crippen LogP contribution in [0.2, 0.25) is 0 Å². The number of hydrogen-bond acceptors (Lipinski definition) is 3. The van der Waals surface area contributed by atoms with Gasteiger partial charge in [-0.2, -0.15) is 0 Å². The van der Waals surface area contributed by atoms with E-state index in [1.165, 1.54) is 25.7 Å². The Morgan fingerprint density at radius 2 is 1.64 bits per heavy atom. The molecular formula is C22H36O3.